The van der Waals surface area contributed by atoms with E-state index in [9.17, 15) is 22.0 Å². The molecular weight excluding hydrogens is 314 g/mol. The van der Waals surface area contributed by atoms with Crippen molar-refractivity contribution in [2.24, 2.45) is 0 Å². The Balaban J connectivity index is 2.24. The Morgan fingerprint density at radius 2 is 1.50 bits per heavy atom. The van der Waals surface area contributed by atoms with Crippen molar-refractivity contribution in [1.82, 2.24) is 0 Å². The summed E-state index contributed by atoms with van der Waals surface area (Å²) in [6.07, 6.45) is 0. The number of anilines is 2. The van der Waals surface area contributed by atoms with Crippen LogP contribution in [0.25, 0.3) is 0 Å². The molecule has 116 valence electrons. The number of nitrogens with one attached hydrogen (secondary N) is 2. The quantitative estimate of drug-likeness (QED) is 0.907. The van der Waals surface area contributed by atoms with Gasteiger partial charge in [-0.1, -0.05) is 0 Å². The minimum Gasteiger partial charge on any atom is -0.326 e. The van der Waals surface area contributed by atoms with E-state index in [0.717, 1.165) is 12.1 Å². The molecule has 5 nitrogen and oxygen atoms in total. The van der Waals surface area contributed by atoms with E-state index in [2.05, 4.69) is 10.0 Å². The molecule has 0 spiro atoms. The predicted octanol–water partition coefficient (Wildman–Crippen LogP) is 2.72. The standard InChI is InChI=1S/C14H12F2N2O3S/c1-9(19)17-12-2-4-14(5-3-12)22(20,21)18-13-7-10(15)6-11(16)8-13/h2-8,18H,1H3,(H,17,19). The van der Waals surface area contributed by atoms with Crippen LogP contribution >= 0.6 is 0 Å². The van der Waals surface area contributed by atoms with Gasteiger partial charge < -0.3 is 5.32 Å². The highest BCUT2D eigenvalue weighted by molar-refractivity contribution is 7.92. The van der Waals surface area contributed by atoms with Crippen LogP contribution in [0.2, 0.25) is 0 Å². The van der Waals surface area contributed by atoms with Gasteiger partial charge in [0.05, 0.1) is 10.6 Å². The number of hydrogen-bond acceptors (Lipinski definition) is 3. The number of hydrogen-bond donors (Lipinski definition) is 2. The molecule has 0 saturated heterocycles. The molecule has 0 aliphatic rings. The third-order valence-corrected chi connectivity index (χ3v) is 4.00. The molecule has 0 radical (unpaired) electrons. The first-order valence-electron chi connectivity index (χ1n) is 6.13. The molecule has 0 heterocycles. The summed E-state index contributed by atoms with van der Waals surface area (Å²) in [5.74, 6) is -2.07. The van der Waals surface area contributed by atoms with Crippen molar-refractivity contribution in [3.8, 4) is 0 Å². The maximum atomic E-state index is 13.1. The Hall–Kier alpha value is -2.48. The topological polar surface area (TPSA) is 75.3 Å². The van der Waals surface area contributed by atoms with Gasteiger partial charge in [0.15, 0.2) is 0 Å². The summed E-state index contributed by atoms with van der Waals surface area (Å²) >= 11 is 0. The van der Waals surface area contributed by atoms with Gasteiger partial charge in [-0.15, -0.1) is 0 Å². The Kier molecular flexibility index (Phi) is 4.41. The lowest BCUT2D eigenvalue weighted by molar-refractivity contribution is -0.114. The Morgan fingerprint density at radius 3 is 2.00 bits per heavy atom. The van der Waals surface area contributed by atoms with Crippen LogP contribution < -0.4 is 10.0 Å². The molecule has 1 amide bonds. The van der Waals surface area contributed by atoms with Gasteiger partial charge in [-0.2, -0.15) is 0 Å². The Bertz CT molecular complexity index is 785. The molecule has 0 bridgehead atoms. The average Bonchev–Trinajstić information content (AvgIpc) is 2.36. The lowest BCUT2D eigenvalue weighted by Crippen LogP contribution is -2.13. The van der Waals surface area contributed by atoms with Crippen molar-refractivity contribution in [3.63, 3.8) is 0 Å². The van der Waals surface area contributed by atoms with Crippen LogP contribution in [-0.4, -0.2) is 14.3 Å². The van der Waals surface area contributed by atoms with Crippen LogP contribution in [0, 0.1) is 11.6 Å². The van der Waals surface area contributed by atoms with Gasteiger partial charge in [0, 0.05) is 18.7 Å². The molecule has 8 heteroatoms. The Morgan fingerprint density at radius 1 is 0.955 bits per heavy atom. The zero-order valence-electron chi connectivity index (χ0n) is 11.4. The van der Waals surface area contributed by atoms with Gasteiger partial charge in [-0.05, 0) is 36.4 Å². The smallest absolute Gasteiger partial charge is 0.261 e. The second-order valence-electron chi connectivity index (χ2n) is 4.47. The molecule has 0 saturated carbocycles. The number of rotatable bonds is 4. The molecule has 0 aromatic heterocycles. The minimum atomic E-state index is -3.99. The normalized spacial score (nSPS) is 11.0. The fourth-order valence-corrected chi connectivity index (χ4v) is 2.79. The molecule has 0 aliphatic carbocycles. The molecule has 2 aromatic rings. The number of sulfonamides is 1. The highest BCUT2D eigenvalue weighted by atomic mass is 32.2. The minimum absolute atomic E-state index is 0.105. The third-order valence-electron chi connectivity index (χ3n) is 2.60. The first-order valence-corrected chi connectivity index (χ1v) is 7.61. The first-order chi connectivity index (χ1) is 10.3. The highest BCUT2D eigenvalue weighted by Crippen LogP contribution is 2.20. The van der Waals surface area contributed by atoms with Crippen LogP contribution in [-0.2, 0) is 14.8 Å². The molecule has 2 rings (SSSR count). The predicted molar refractivity (Wildman–Crippen MR) is 77.9 cm³/mol. The second-order valence-corrected chi connectivity index (χ2v) is 6.15. The van der Waals surface area contributed by atoms with Gasteiger partial charge in [0.2, 0.25) is 5.91 Å². The first kappa shape index (κ1) is 15.9. The van der Waals surface area contributed by atoms with Crippen molar-refractivity contribution in [2.75, 3.05) is 10.0 Å². The Labute approximate surface area is 126 Å². The van der Waals surface area contributed by atoms with Gasteiger partial charge in [-0.3, -0.25) is 9.52 Å². The van der Waals surface area contributed by atoms with Gasteiger partial charge in [-0.25, -0.2) is 17.2 Å². The summed E-state index contributed by atoms with van der Waals surface area (Å²) in [7, 11) is -3.99. The lowest BCUT2D eigenvalue weighted by atomic mass is 10.3. The fourth-order valence-electron chi connectivity index (χ4n) is 1.75. The molecule has 22 heavy (non-hydrogen) atoms. The van der Waals surface area contributed by atoms with E-state index < -0.39 is 21.7 Å². The van der Waals surface area contributed by atoms with E-state index in [4.69, 9.17) is 0 Å². The molecule has 2 aromatic carbocycles. The van der Waals surface area contributed by atoms with Crippen molar-refractivity contribution < 1.29 is 22.0 Å². The maximum absolute atomic E-state index is 13.1. The summed E-state index contributed by atoms with van der Waals surface area (Å²) in [6.45, 7) is 1.32. The van der Waals surface area contributed by atoms with Gasteiger partial charge in [0.25, 0.3) is 10.0 Å². The SMILES string of the molecule is CC(=O)Nc1ccc(S(=O)(=O)Nc2cc(F)cc(F)c2)cc1. The number of amides is 1. The molecule has 0 unspecified atom stereocenters. The molecule has 0 fully saturated rings. The zero-order chi connectivity index (χ0) is 16.3. The zero-order valence-corrected chi connectivity index (χ0v) is 12.2. The number of carbonyl (C=O) groups excluding carboxylic acids is 1. The van der Waals surface area contributed by atoms with E-state index in [0.29, 0.717) is 11.8 Å². The van der Waals surface area contributed by atoms with Gasteiger partial charge in [0.1, 0.15) is 11.6 Å². The summed E-state index contributed by atoms with van der Waals surface area (Å²) in [4.78, 5) is 10.8. The van der Waals surface area contributed by atoms with Gasteiger partial charge >= 0.3 is 0 Å². The van der Waals surface area contributed by atoms with Crippen LogP contribution in [0.1, 0.15) is 6.92 Å². The second kappa shape index (κ2) is 6.10. The van der Waals surface area contributed by atoms with Crippen molar-refractivity contribution in [2.45, 2.75) is 11.8 Å². The fraction of sp³-hybridized carbons (Fsp3) is 0.0714. The van der Waals surface area contributed by atoms with Crippen LogP contribution in [0.15, 0.2) is 47.4 Å². The monoisotopic (exact) mass is 326 g/mol. The van der Waals surface area contributed by atoms with Crippen LogP contribution in [0.5, 0.6) is 0 Å². The molecule has 0 atom stereocenters. The van der Waals surface area contributed by atoms with E-state index >= 15 is 0 Å². The van der Waals surface area contributed by atoms with Crippen molar-refractivity contribution in [1.29, 1.82) is 0 Å². The molecular formula is C14H12F2N2O3S. The summed E-state index contributed by atoms with van der Waals surface area (Å²) < 4.78 is 52.4. The van der Waals surface area contributed by atoms with Crippen LogP contribution in [0.3, 0.4) is 0 Å². The van der Waals surface area contributed by atoms with E-state index in [1.54, 1.807) is 0 Å². The number of halogens is 2. The summed E-state index contributed by atoms with van der Waals surface area (Å²) in [6, 6.07) is 7.72. The molecule has 0 aliphatic heterocycles. The molecule has 2 N–H and O–H groups in total. The highest BCUT2D eigenvalue weighted by Gasteiger charge is 2.15. The lowest BCUT2D eigenvalue weighted by Gasteiger charge is -2.09. The van der Waals surface area contributed by atoms with E-state index in [-0.39, 0.29) is 16.5 Å². The van der Waals surface area contributed by atoms with E-state index in [1.807, 2.05) is 0 Å². The number of benzene rings is 2. The van der Waals surface area contributed by atoms with Crippen molar-refractivity contribution in [3.05, 3.63) is 54.1 Å². The number of carbonyl (C=O) groups is 1. The van der Waals surface area contributed by atoms with Crippen LogP contribution in [0.4, 0.5) is 20.2 Å². The average molecular weight is 326 g/mol. The summed E-state index contributed by atoms with van der Waals surface area (Å²) in [5.41, 5.74) is 0.215. The maximum Gasteiger partial charge on any atom is 0.261 e. The summed E-state index contributed by atoms with van der Waals surface area (Å²) in [5, 5.41) is 2.49. The third kappa shape index (κ3) is 4.01. The van der Waals surface area contributed by atoms with E-state index in [1.165, 1.54) is 31.2 Å². The van der Waals surface area contributed by atoms with Crippen molar-refractivity contribution >= 4 is 27.3 Å². The largest absolute Gasteiger partial charge is 0.326 e.